The van der Waals surface area contributed by atoms with Gasteiger partial charge in [0.05, 0.1) is 5.69 Å². The van der Waals surface area contributed by atoms with Crippen LogP contribution in [0.4, 0.5) is 4.39 Å². The molecular formula is C14H17FN2S. The van der Waals surface area contributed by atoms with Crippen molar-refractivity contribution in [1.29, 1.82) is 0 Å². The van der Waals surface area contributed by atoms with E-state index in [9.17, 15) is 4.39 Å². The molecule has 1 unspecified atom stereocenters. The number of thiazole rings is 1. The van der Waals surface area contributed by atoms with Gasteiger partial charge in [0.2, 0.25) is 0 Å². The highest BCUT2D eigenvalue weighted by Crippen LogP contribution is 2.30. The highest BCUT2D eigenvalue weighted by atomic mass is 32.1. The molecule has 0 bridgehead atoms. The standard InChI is InChI=1S/C14H17FN2S/c1-9(16)7-8-13-10(2)17-14(18-13)11-5-3-4-6-12(11)15/h3-6,9H,7-8,16H2,1-2H3. The van der Waals surface area contributed by atoms with Crippen LogP contribution in [0, 0.1) is 12.7 Å². The summed E-state index contributed by atoms with van der Waals surface area (Å²) in [6, 6.07) is 6.94. The van der Waals surface area contributed by atoms with Gasteiger partial charge >= 0.3 is 0 Å². The zero-order valence-corrected chi connectivity index (χ0v) is 11.4. The summed E-state index contributed by atoms with van der Waals surface area (Å²) in [5.41, 5.74) is 7.32. The Balaban J connectivity index is 2.26. The van der Waals surface area contributed by atoms with Crippen LogP contribution >= 0.6 is 11.3 Å². The van der Waals surface area contributed by atoms with E-state index in [-0.39, 0.29) is 11.9 Å². The summed E-state index contributed by atoms with van der Waals surface area (Å²) in [5.74, 6) is -0.218. The zero-order chi connectivity index (χ0) is 13.1. The molecule has 2 N–H and O–H groups in total. The van der Waals surface area contributed by atoms with Crippen molar-refractivity contribution < 1.29 is 4.39 Å². The predicted molar refractivity (Wildman–Crippen MR) is 74.2 cm³/mol. The van der Waals surface area contributed by atoms with E-state index in [4.69, 9.17) is 5.73 Å². The molecular weight excluding hydrogens is 247 g/mol. The minimum atomic E-state index is -0.218. The summed E-state index contributed by atoms with van der Waals surface area (Å²) < 4.78 is 13.7. The minimum absolute atomic E-state index is 0.184. The SMILES string of the molecule is Cc1nc(-c2ccccc2F)sc1CCC(C)N. The molecule has 1 heterocycles. The van der Waals surface area contributed by atoms with Gasteiger partial charge in [0.1, 0.15) is 10.8 Å². The average Bonchev–Trinajstić information content (AvgIpc) is 2.68. The van der Waals surface area contributed by atoms with Crippen LogP contribution in [-0.4, -0.2) is 11.0 Å². The predicted octanol–water partition coefficient (Wildman–Crippen LogP) is 3.54. The van der Waals surface area contributed by atoms with Crippen LogP contribution in [0.1, 0.15) is 23.9 Å². The minimum Gasteiger partial charge on any atom is -0.328 e. The van der Waals surface area contributed by atoms with Gasteiger partial charge in [-0.25, -0.2) is 9.37 Å². The first-order chi connectivity index (χ1) is 8.58. The highest BCUT2D eigenvalue weighted by Gasteiger charge is 2.12. The third kappa shape index (κ3) is 2.94. The van der Waals surface area contributed by atoms with Crippen molar-refractivity contribution in [2.45, 2.75) is 32.7 Å². The molecule has 0 aliphatic carbocycles. The molecule has 0 aliphatic rings. The lowest BCUT2D eigenvalue weighted by atomic mass is 10.1. The lowest BCUT2D eigenvalue weighted by Gasteiger charge is -2.02. The average molecular weight is 264 g/mol. The Kier molecular flexibility index (Phi) is 4.09. The van der Waals surface area contributed by atoms with Crippen LogP contribution in [0.15, 0.2) is 24.3 Å². The van der Waals surface area contributed by atoms with E-state index in [0.717, 1.165) is 23.5 Å². The van der Waals surface area contributed by atoms with Crippen molar-refractivity contribution in [3.63, 3.8) is 0 Å². The lowest BCUT2D eigenvalue weighted by Crippen LogP contribution is -2.15. The second-order valence-corrected chi connectivity index (χ2v) is 5.61. The molecule has 0 radical (unpaired) electrons. The quantitative estimate of drug-likeness (QED) is 0.917. The molecule has 1 atom stereocenters. The largest absolute Gasteiger partial charge is 0.328 e. The fourth-order valence-corrected chi connectivity index (χ4v) is 2.87. The summed E-state index contributed by atoms with van der Waals surface area (Å²) in [5, 5.41) is 0.755. The fraction of sp³-hybridized carbons (Fsp3) is 0.357. The number of nitrogens with zero attached hydrogens (tertiary/aromatic N) is 1. The van der Waals surface area contributed by atoms with Crippen LogP contribution in [0.3, 0.4) is 0 Å². The highest BCUT2D eigenvalue weighted by molar-refractivity contribution is 7.15. The van der Waals surface area contributed by atoms with Crippen molar-refractivity contribution in [2.24, 2.45) is 5.73 Å². The van der Waals surface area contributed by atoms with Gasteiger partial charge in [0.25, 0.3) is 0 Å². The maximum Gasteiger partial charge on any atom is 0.133 e. The van der Waals surface area contributed by atoms with Crippen molar-refractivity contribution in [1.82, 2.24) is 4.98 Å². The van der Waals surface area contributed by atoms with Crippen LogP contribution < -0.4 is 5.73 Å². The van der Waals surface area contributed by atoms with Crippen molar-refractivity contribution in [3.05, 3.63) is 40.7 Å². The number of aromatic nitrogens is 1. The Morgan fingerprint density at radius 3 is 2.78 bits per heavy atom. The van der Waals surface area contributed by atoms with Crippen molar-refractivity contribution in [3.8, 4) is 10.6 Å². The molecule has 0 spiro atoms. The first-order valence-electron chi connectivity index (χ1n) is 6.04. The first kappa shape index (κ1) is 13.2. The van der Waals surface area contributed by atoms with Crippen LogP contribution in [-0.2, 0) is 6.42 Å². The van der Waals surface area contributed by atoms with E-state index in [0.29, 0.717) is 5.56 Å². The Morgan fingerprint density at radius 2 is 2.11 bits per heavy atom. The van der Waals surface area contributed by atoms with Crippen molar-refractivity contribution >= 4 is 11.3 Å². The van der Waals surface area contributed by atoms with E-state index >= 15 is 0 Å². The van der Waals surface area contributed by atoms with E-state index in [1.54, 1.807) is 23.5 Å². The van der Waals surface area contributed by atoms with E-state index < -0.39 is 0 Å². The van der Waals surface area contributed by atoms with E-state index in [1.807, 2.05) is 19.9 Å². The Morgan fingerprint density at radius 1 is 1.39 bits per heavy atom. The van der Waals surface area contributed by atoms with Gasteiger partial charge in [-0.05, 0) is 38.8 Å². The monoisotopic (exact) mass is 264 g/mol. The smallest absolute Gasteiger partial charge is 0.133 e. The summed E-state index contributed by atoms with van der Waals surface area (Å²) >= 11 is 1.56. The molecule has 0 saturated carbocycles. The molecule has 0 fully saturated rings. The maximum atomic E-state index is 13.7. The third-order valence-corrected chi connectivity index (χ3v) is 4.07. The summed E-state index contributed by atoms with van der Waals surface area (Å²) in [6.45, 7) is 3.96. The number of nitrogens with two attached hydrogens (primary N) is 1. The van der Waals surface area contributed by atoms with E-state index in [1.165, 1.54) is 10.9 Å². The summed E-state index contributed by atoms with van der Waals surface area (Å²) in [7, 11) is 0. The van der Waals surface area contributed by atoms with Gasteiger partial charge in [-0.1, -0.05) is 12.1 Å². The Hall–Kier alpha value is -1.26. The second kappa shape index (κ2) is 5.59. The molecule has 1 aromatic carbocycles. The maximum absolute atomic E-state index is 13.7. The number of aryl methyl sites for hydroxylation is 2. The van der Waals surface area contributed by atoms with Crippen LogP contribution in [0.5, 0.6) is 0 Å². The van der Waals surface area contributed by atoms with Gasteiger partial charge in [-0.15, -0.1) is 11.3 Å². The topological polar surface area (TPSA) is 38.9 Å². The molecule has 0 saturated heterocycles. The lowest BCUT2D eigenvalue weighted by molar-refractivity contribution is 0.631. The van der Waals surface area contributed by atoms with E-state index in [2.05, 4.69) is 4.98 Å². The summed E-state index contributed by atoms with van der Waals surface area (Å²) in [6.07, 6.45) is 1.84. The number of halogens is 1. The molecule has 0 amide bonds. The number of hydrogen-bond donors (Lipinski definition) is 1. The Bertz CT molecular complexity index is 534. The van der Waals surface area contributed by atoms with Gasteiger partial charge < -0.3 is 5.73 Å². The van der Waals surface area contributed by atoms with Gasteiger partial charge in [-0.2, -0.15) is 0 Å². The zero-order valence-electron chi connectivity index (χ0n) is 10.6. The Labute approximate surface area is 111 Å². The molecule has 2 rings (SSSR count). The van der Waals surface area contributed by atoms with Crippen molar-refractivity contribution in [2.75, 3.05) is 0 Å². The van der Waals surface area contributed by atoms with Gasteiger partial charge in [0, 0.05) is 16.5 Å². The number of benzene rings is 1. The normalized spacial score (nSPS) is 12.7. The molecule has 4 heteroatoms. The second-order valence-electron chi connectivity index (χ2n) is 4.52. The molecule has 18 heavy (non-hydrogen) atoms. The molecule has 0 aliphatic heterocycles. The third-order valence-electron chi connectivity index (χ3n) is 2.82. The molecule has 2 aromatic rings. The van der Waals surface area contributed by atoms with Gasteiger partial charge in [-0.3, -0.25) is 0 Å². The fourth-order valence-electron chi connectivity index (χ4n) is 1.77. The number of hydrogen-bond acceptors (Lipinski definition) is 3. The number of rotatable bonds is 4. The van der Waals surface area contributed by atoms with Gasteiger partial charge in [0.15, 0.2) is 0 Å². The molecule has 1 aromatic heterocycles. The molecule has 96 valence electrons. The van der Waals surface area contributed by atoms with Crippen LogP contribution in [0.2, 0.25) is 0 Å². The molecule has 2 nitrogen and oxygen atoms in total. The first-order valence-corrected chi connectivity index (χ1v) is 6.86. The van der Waals surface area contributed by atoms with Crippen LogP contribution in [0.25, 0.3) is 10.6 Å². The summed E-state index contributed by atoms with van der Waals surface area (Å²) in [4.78, 5) is 5.66.